The van der Waals surface area contributed by atoms with Crippen molar-refractivity contribution in [2.45, 2.75) is 57.9 Å². The van der Waals surface area contributed by atoms with E-state index in [0.717, 1.165) is 24.6 Å². The normalized spacial score (nSPS) is 27.2. The summed E-state index contributed by atoms with van der Waals surface area (Å²) in [6, 6.07) is -0.0925. The summed E-state index contributed by atoms with van der Waals surface area (Å²) in [6.07, 6.45) is 5.59. The van der Waals surface area contributed by atoms with Gasteiger partial charge in [-0.1, -0.05) is 25.4 Å². The van der Waals surface area contributed by atoms with E-state index in [1.165, 1.54) is 19.3 Å². The Morgan fingerprint density at radius 2 is 2.31 bits per heavy atom. The summed E-state index contributed by atoms with van der Waals surface area (Å²) in [4.78, 5) is 4.44. The molecule has 1 saturated carbocycles. The zero-order valence-corrected chi connectivity index (χ0v) is 10.1. The topological polar surface area (TPSA) is 64.9 Å². The number of nitrogens with zero attached hydrogens (tertiary/aromatic N) is 2. The molecule has 1 aromatic heterocycles. The Balaban J connectivity index is 2.01. The second-order valence-corrected chi connectivity index (χ2v) is 5.00. The van der Waals surface area contributed by atoms with Gasteiger partial charge in [-0.2, -0.15) is 4.98 Å². The van der Waals surface area contributed by atoms with Gasteiger partial charge in [0.1, 0.15) is 0 Å². The molecular formula is C12H21N3O. The maximum Gasteiger partial charge on any atom is 0.243 e. The van der Waals surface area contributed by atoms with Crippen LogP contribution in [0.5, 0.6) is 0 Å². The van der Waals surface area contributed by atoms with Crippen molar-refractivity contribution >= 4 is 0 Å². The molecule has 2 N–H and O–H groups in total. The van der Waals surface area contributed by atoms with Gasteiger partial charge in [-0.25, -0.2) is 0 Å². The molecule has 0 spiro atoms. The van der Waals surface area contributed by atoms with Crippen LogP contribution in [-0.2, 0) is 0 Å². The zero-order chi connectivity index (χ0) is 11.5. The zero-order valence-electron chi connectivity index (χ0n) is 10.1. The molecule has 1 heterocycles. The maximum atomic E-state index is 5.95. The molecule has 90 valence electrons. The van der Waals surface area contributed by atoms with E-state index in [1.54, 1.807) is 0 Å². The molecule has 1 aliphatic rings. The van der Waals surface area contributed by atoms with E-state index in [2.05, 4.69) is 24.0 Å². The number of hydrogen-bond acceptors (Lipinski definition) is 4. The van der Waals surface area contributed by atoms with Gasteiger partial charge in [-0.05, 0) is 31.6 Å². The van der Waals surface area contributed by atoms with Crippen LogP contribution >= 0.6 is 0 Å². The molecular weight excluding hydrogens is 202 g/mol. The average molecular weight is 223 g/mol. The highest BCUT2D eigenvalue weighted by Crippen LogP contribution is 2.36. The molecule has 0 amide bonds. The first-order valence-electron chi connectivity index (χ1n) is 6.29. The van der Waals surface area contributed by atoms with Crippen molar-refractivity contribution < 1.29 is 4.52 Å². The lowest BCUT2D eigenvalue weighted by atomic mass is 10.1. The van der Waals surface area contributed by atoms with Crippen LogP contribution < -0.4 is 5.73 Å². The third-order valence-electron chi connectivity index (χ3n) is 3.43. The summed E-state index contributed by atoms with van der Waals surface area (Å²) in [5.74, 6) is 2.75. The molecule has 1 fully saturated rings. The number of aromatic nitrogens is 2. The summed E-state index contributed by atoms with van der Waals surface area (Å²) >= 11 is 0. The SMILES string of the molecule is CCC[C@@H](N)c1nc(C2CCC(C)C2)no1. The molecule has 0 saturated heterocycles. The molecule has 0 bridgehead atoms. The Hall–Kier alpha value is -0.900. The Morgan fingerprint density at radius 1 is 1.50 bits per heavy atom. The van der Waals surface area contributed by atoms with Gasteiger partial charge < -0.3 is 10.3 Å². The van der Waals surface area contributed by atoms with Crippen molar-refractivity contribution in [1.29, 1.82) is 0 Å². The standard InChI is InChI=1S/C12H21N3O/c1-3-4-10(13)12-14-11(15-16-12)9-6-5-8(2)7-9/h8-10H,3-7,13H2,1-2H3/t8?,9?,10-/m1/s1. The number of rotatable bonds is 4. The highest BCUT2D eigenvalue weighted by Gasteiger charge is 2.27. The van der Waals surface area contributed by atoms with Crippen LogP contribution in [-0.4, -0.2) is 10.1 Å². The maximum absolute atomic E-state index is 5.95. The summed E-state index contributed by atoms with van der Waals surface area (Å²) in [5, 5.41) is 4.07. The fourth-order valence-electron chi connectivity index (χ4n) is 2.44. The van der Waals surface area contributed by atoms with Gasteiger partial charge >= 0.3 is 0 Å². The molecule has 3 atom stereocenters. The monoisotopic (exact) mass is 223 g/mol. The minimum Gasteiger partial charge on any atom is -0.338 e. The van der Waals surface area contributed by atoms with Crippen molar-refractivity contribution in [1.82, 2.24) is 10.1 Å². The van der Waals surface area contributed by atoms with E-state index in [1.807, 2.05) is 0 Å². The van der Waals surface area contributed by atoms with Crippen LogP contribution in [0.25, 0.3) is 0 Å². The fourth-order valence-corrected chi connectivity index (χ4v) is 2.44. The van der Waals surface area contributed by atoms with Crippen molar-refractivity contribution in [3.63, 3.8) is 0 Å². The van der Waals surface area contributed by atoms with Gasteiger partial charge in [0.25, 0.3) is 0 Å². The second-order valence-electron chi connectivity index (χ2n) is 5.00. The molecule has 2 rings (SSSR count). The molecule has 4 nitrogen and oxygen atoms in total. The van der Waals surface area contributed by atoms with Crippen molar-refractivity contribution in [2.24, 2.45) is 11.7 Å². The molecule has 2 unspecified atom stereocenters. The lowest BCUT2D eigenvalue weighted by Crippen LogP contribution is -2.10. The smallest absolute Gasteiger partial charge is 0.243 e. The van der Waals surface area contributed by atoms with Gasteiger partial charge in [0.2, 0.25) is 5.89 Å². The van der Waals surface area contributed by atoms with Crippen LogP contribution in [0.15, 0.2) is 4.52 Å². The quantitative estimate of drug-likeness (QED) is 0.852. The largest absolute Gasteiger partial charge is 0.338 e. The molecule has 0 aliphatic heterocycles. The van der Waals surface area contributed by atoms with Crippen molar-refractivity contribution in [2.75, 3.05) is 0 Å². The van der Waals surface area contributed by atoms with Crippen LogP contribution in [0.3, 0.4) is 0 Å². The molecule has 4 heteroatoms. The van der Waals surface area contributed by atoms with E-state index < -0.39 is 0 Å². The highest BCUT2D eigenvalue weighted by atomic mass is 16.5. The van der Waals surface area contributed by atoms with Crippen molar-refractivity contribution in [3.05, 3.63) is 11.7 Å². The second kappa shape index (κ2) is 4.95. The first-order chi connectivity index (χ1) is 7.70. The van der Waals surface area contributed by atoms with E-state index in [9.17, 15) is 0 Å². The first kappa shape index (κ1) is 11.6. The minimum absolute atomic E-state index is 0.0925. The van der Waals surface area contributed by atoms with E-state index in [0.29, 0.717) is 11.8 Å². The minimum atomic E-state index is -0.0925. The Morgan fingerprint density at radius 3 is 2.94 bits per heavy atom. The van der Waals surface area contributed by atoms with Gasteiger partial charge in [-0.3, -0.25) is 0 Å². The average Bonchev–Trinajstić information content (AvgIpc) is 2.85. The van der Waals surface area contributed by atoms with Gasteiger partial charge in [0.05, 0.1) is 6.04 Å². The first-order valence-corrected chi connectivity index (χ1v) is 6.29. The van der Waals surface area contributed by atoms with Gasteiger partial charge in [0, 0.05) is 5.92 Å². The third kappa shape index (κ3) is 2.43. The van der Waals surface area contributed by atoms with Gasteiger partial charge in [0.15, 0.2) is 5.82 Å². The molecule has 0 aromatic carbocycles. The summed E-state index contributed by atoms with van der Waals surface area (Å²) in [6.45, 7) is 4.39. The summed E-state index contributed by atoms with van der Waals surface area (Å²) < 4.78 is 5.24. The van der Waals surface area contributed by atoms with Crippen LogP contribution in [0.1, 0.15) is 69.6 Å². The van der Waals surface area contributed by atoms with Gasteiger partial charge in [-0.15, -0.1) is 0 Å². The van der Waals surface area contributed by atoms with Crippen LogP contribution in [0.2, 0.25) is 0 Å². The lowest BCUT2D eigenvalue weighted by molar-refractivity contribution is 0.342. The van der Waals surface area contributed by atoms with Crippen LogP contribution in [0.4, 0.5) is 0 Å². The highest BCUT2D eigenvalue weighted by molar-refractivity contribution is 5.00. The third-order valence-corrected chi connectivity index (χ3v) is 3.43. The molecule has 16 heavy (non-hydrogen) atoms. The lowest BCUT2D eigenvalue weighted by Gasteiger charge is -2.03. The summed E-state index contributed by atoms with van der Waals surface area (Å²) in [7, 11) is 0. The number of nitrogens with two attached hydrogens (primary N) is 1. The Bertz CT molecular complexity index is 337. The molecule has 0 radical (unpaired) electrons. The van der Waals surface area contributed by atoms with E-state index in [4.69, 9.17) is 10.3 Å². The van der Waals surface area contributed by atoms with E-state index in [-0.39, 0.29) is 6.04 Å². The van der Waals surface area contributed by atoms with Crippen LogP contribution in [0, 0.1) is 5.92 Å². The Labute approximate surface area is 96.6 Å². The summed E-state index contributed by atoms with van der Waals surface area (Å²) in [5.41, 5.74) is 5.95. The van der Waals surface area contributed by atoms with Crippen molar-refractivity contribution in [3.8, 4) is 0 Å². The number of hydrogen-bond donors (Lipinski definition) is 1. The Kier molecular flexibility index (Phi) is 3.59. The molecule has 1 aromatic rings. The predicted molar refractivity (Wildman–Crippen MR) is 61.9 cm³/mol. The predicted octanol–water partition coefficient (Wildman–Crippen LogP) is 2.77. The molecule has 1 aliphatic carbocycles. The fraction of sp³-hybridized carbons (Fsp3) is 0.833. The van der Waals surface area contributed by atoms with E-state index >= 15 is 0 Å².